The number of benzene rings is 2. The Bertz CT molecular complexity index is 967. The van der Waals surface area contributed by atoms with Gasteiger partial charge < -0.3 is 14.4 Å². The van der Waals surface area contributed by atoms with E-state index < -0.39 is 0 Å². The summed E-state index contributed by atoms with van der Waals surface area (Å²) >= 11 is 7.51. The molecule has 0 bridgehead atoms. The number of thiazole rings is 1. The minimum Gasteiger partial charge on any atom is -0.497 e. The summed E-state index contributed by atoms with van der Waals surface area (Å²) in [5.41, 5.74) is 1.53. The van der Waals surface area contributed by atoms with Crippen molar-refractivity contribution < 1.29 is 14.3 Å². The minimum absolute atomic E-state index is 0.0167. The van der Waals surface area contributed by atoms with Gasteiger partial charge in [-0.15, -0.1) is 0 Å². The third-order valence-electron chi connectivity index (χ3n) is 4.64. The van der Waals surface area contributed by atoms with Crippen molar-refractivity contribution in [3.05, 3.63) is 53.1 Å². The highest BCUT2D eigenvalue weighted by Crippen LogP contribution is 2.32. The van der Waals surface area contributed by atoms with E-state index in [9.17, 15) is 4.79 Å². The molecule has 1 aliphatic heterocycles. The number of likely N-dealkylation sites (tertiary alicyclic amines) is 1. The largest absolute Gasteiger partial charge is 0.497 e. The molecule has 1 aromatic heterocycles. The van der Waals surface area contributed by atoms with E-state index in [4.69, 9.17) is 21.1 Å². The van der Waals surface area contributed by atoms with Crippen molar-refractivity contribution in [2.45, 2.75) is 18.9 Å². The lowest BCUT2D eigenvalue weighted by Crippen LogP contribution is -2.41. The number of aromatic nitrogens is 1. The maximum Gasteiger partial charge on any atom is 0.274 e. The van der Waals surface area contributed by atoms with Crippen LogP contribution >= 0.6 is 22.9 Å². The molecule has 3 aromatic rings. The lowest BCUT2D eigenvalue weighted by molar-refractivity contribution is 0.0595. The van der Waals surface area contributed by atoms with Gasteiger partial charge in [-0.2, -0.15) is 0 Å². The first-order valence-corrected chi connectivity index (χ1v) is 9.98. The van der Waals surface area contributed by atoms with Gasteiger partial charge in [0.15, 0.2) is 0 Å². The number of piperidine rings is 1. The molecular weight excluding hydrogens is 384 g/mol. The van der Waals surface area contributed by atoms with Crippen LogP contribution in [-0.4, -0.2) is 42.1 Å². The van der Waals surface area contributed by atoms with Crippen molar-refractivity contribution in [3.8, 4) is 10.9 Å². The van der Waals surface area contributed by atoms with E-state index in [0.29, 0.717) is 28.9 Å². The fraction of sp³-hybridized carbons (Fsp3) is 0.300. The molecule has 0 spiro atoms. The highest BCUT2D eigenvalue weighted by atomic mass is 35.5. The average molecular weight is 403 g/mol. The first-order chi connectivity index (χ1) is 13.1. The third-order valence-corrected chi connectivity index (χ3v) is 5.79. The van der Waals surface area contributed by atoms with Gasteiger partial charge in [0.05, 0.1) is 17.3 Å². The second kappa shape index (κ2) is 7.74. The molecule has 5 nitrogen and oxygen atoms in total. The lowest BCUT2D eigenvalue weighted by atomic mass is 10.1. The molecule has 27 heavy (non-hydrogen) atoms. The van der Waals surface area contributed by atoms with E-state index >= 15 is 0 Å². The third kappa shape index (κ3) is 4.01. The standard InChI is InChI=1S/C20H19ClN2O3S/c1-25-16-5-6-17-18(12-16)27-20(22-17)26-15-7-9-23(10-8-15)19(24)13-3-2-4-14(21)11-13/h2-6,11-12,15H,7-10H2,1H3. The highest BCUT2D eigenvalue weighted by molar-refractivity contribution is 7.20. The van der Waals surface area contributed by atoms with Crippen LogP contribution in [0.2, 0.25) is 5.02 Å². The summed E-state index contributed by atoms with van der Waals surface area (Å²) in [6, 6.07) is 12.9. The van der Waals surface area contributed by atoms with E-state index in [1.165, 1.54) is 11.3 Å². The van der Waals surface area contributed by atoms with Gasteiger partial charge in [0.25, 0.3) is 11.1 Å². The van der Waals surface area contributed by atoms with E-state index in [-0.39, 0.29) is 12.0 Å². The van der Waals surface area contributed by atoms with Crippen LogP contribution in [0.5, 0.6) is 10.9 Å². The smallest absolute Gasteiger partial charge is 0.274 e. The number of nitrogens with zero attached hydrogens (tertiary/aromatic N) is 2. The number of methoxy groups -OCH3 is 1. The summed E-state index contributed by atoms with van der Waals surface area (Å²) in [4.78, 5) is 19.0. The molecule has 140 valence electrons. The molecule has 0 unspecified atom stereocenters. The fourth-order valence-corrected chi connectivity index (χ4v) is 4.28. The summed E-state index contributed by atoms with van der Waals surface area (Å²) in [6.45, 7) is 1.32. The molecule has 0 radical (unpaired) electrons. The van der Waals surface area contributed by atoms with Gasteiger partial charge in [0.2, 0.25) is 0 Å². The van der Waals surface area contributed by atoms with Crippen LogP contribution in [-0.2, 0) is 0 Å². The predicted octanol–water partition coefficient (Wildman–Crippen LogP) is 4.64. The molecule has 0 N–H and O–H groups in total. The van der Waals surface area contributed by atoms with Gasteiger partial charge >= 0.3 is 0 Å². The predicted molar refractivity (Wildman–Crippen MR) is 107 cm³/mol. The molecule has 0 aliphatic carbocycles. The monoisotopic (exact) mass is 402 g/mol. The number of halogens is 1. The number of amides is 1. The van der Waals surface area contributed by atoms with Gasteiger partial charge in [-0.1, -0.05) is 29.0 Å². The fourth-order valence-electron chi connectivity index (χ4n) is 3.18. The summed E-state index contributed by atoms with van der Waals surface area (Å²) < 4.78 is 12.4. The van der Waals surface area contributed by atoms with Crippen molar-refractivity contribution in [3.63, 3.8) is 0 Å². The van der Waals surface area contributed by atoms with E-state index in [0.717, 1.165) is 28.8 Å². The molecule has 4 rings (SSSR count). The maximum absolute atomic E-state index is 12.6. The Balaban J connectivity index is 1.37. The van der Waals surface area contributed by atoms with Crippen molar-refractivity contribution in [1.82, 2.24) is 9.88 Å². The summed E-state index contributed by atoms with van der Waals surface area (Å²) in [5, 5.41) is 1.24. The lowest BCUT2D eigenvalue weighted by Gasteiger charge is -2.31. The molecule has 0 saturated carbocycles. The van der Waals surface area contributed by atoms with Gasteiger partial charge in [0, 0.05) is 36.5 Å². The van der Waals surface area contributed by atoms with E-state index in [1.54, 1.807) is 31.4 Å². The Morgan fingerprint density at radius 1 is 1.22 bits per heavy atom. The molecule has 7 heteroatoms. The molecular formula is C20H19ClN2O3S. The topological polar surface area (TPSA) is 51.7 Å². The van der Waals surface area contributed by atoms with Crippen molar-refractivity contribution in [2.24, 2.45) is 0 Å². The number of hydrogen-bond donors (Lipinski definition) is 0. The van der Waals surface area contributed by atoms with Crippen LogP contribution in [0, 0.1) is 0 Å². The summed E-state index contributed by atoms with van der Waals surface area (Å²) in [5.74, 6) is 0.827. The first kappa shape index (κ1) is 18.1. The maximum atomic E-state index is 12.6. The molecule has 1 aliphatic rings. The number of ether oxygens (including phenoxy) is 2. The van der Waals surface area contributed by atoms with Crippen molar-refractivity contribution in [1.29, 1.82) is 0 Å². The van der Waals surface area contributed by atoms with E-state index in [2.05, 4.69) is 4.98 Å². The van der Waals surface area contributed by atoms with Crippen molar-refractivity contribution >= 4 is 39.1 Å². The van der Waals surface area contributed by atoms with E-state index in [1.807, 2.05) is 23.1 Å². The van der Waals surface area contributed by atoms with Crippen LogP contribution in [0.15, 0.2) is 42.5 Å². The molecule has 2 aromatic carbocycles. The Morgan fingerprint density at radius 3 is 2.78 bits per heavy atom. The van der Waals surface area contributed by atoms with Gasteiger partial charge in [-0.3, -0.25) is 4.79 Å². The Hall–Kier alpha value is -2.31. The van der Waals surface area contributed by atoms with Gasteiger partial charge in [-0.05, 0) is 36.4 Å². The Morgan fingerprint density at radius 2 is 2.04 bits per heavy atom. The SMILES string of the molecule is COc1ccc2nc(OC3CCN(C(=O)c4cccc(Cl)c4)CC3)sc2c1. The zero-order valence-electron chi connectivity index (χ0n) is 14.9. The van der Waals surface area contributed by atoms with Crippen LogP contribution < -0.4 is 9.47 Å². The molecule has 1 amide bonds. The normalized spacial score (nSPS) is 15.1. The number of fused-ring (bicyclic) bond motifs is 1. The molecule has 1 fully saturated rings. The first-order valence-electron chi connectivity index (χ1n) is 8.78. The number of carbonyl (C=O) groups excluding carboxylic acids is 1. The molecule has 0 atom stereocenters. The molecule has 2 heterocycles. The second-order valence-corrected chi connectivity index (χ2v) is 7.86. The number of carbonyl (C=O) groups is 1. The minimum atomic E-state index is 0.0167. The zero-order valence-corrected chi connectivity index (χ0v) is 16.4. The average Bonchev–Trinajstić information content (AvgIpc) is 3.09. The zero-order chi connectivity index (χ0) is 18.8. The molecule has 1 saturated heterocycles. The summed E-state index contributed by atoms with van der Waals surface area (Å²) in [6.07, 6.45) is 1.63. The highest BCUT2D eigenvalue weighted by Gasteiger charge is 2.25. The van der Waals surface area contributed by atoms with Crippen LogP contribution in [0.3, 0.4) is 0 Å². The summed E-state index contributed by atoms with van der Waals surface area (Å²) in [7, 11) is 1.65. The van der Waals surface area contributed by atoms with Gasteiger partial charge in [0.1, 0.15) is 11.9 Å². The van der Waals surface area contributed by atoms with Crippen molar-refractivity contribution in [2.75, 3.05) is 20.2 Å². The second-order valence-electron chi connectivity index (χ2n) is 6.43. The quantitative estimate of drug-likeness (QED) is 0.637. The van der Waals surface area contributed by atoms with Gasteiger partial charge in [-0.25, -0.2) is 4.98 Å². The Labute approximate surface area is 166 Å². The van der Waals surface area contributed by atoms with Crippen LogP contribution in [0.25, 0.3) is 10.2 Å². The number of hydrogen-bond acceptors (Lipinski definition) is 5. The number of rotatable bonds is 4. The Kier molecular flexibility index (Phi) is 5.18. The van der Waals surface area contributed by atoms with Crippen LogP contribution in [0.4, 0.5) is 0 Å². The van der Waals surface area contributed by atoms with Crippen LogP contribution in [0.1, 0.15) is 23.2 Å².